The Morgan fingerprint density at radius 3 is 2.61 bits per heavy atom. The summed E-state index contributed by atoms with van der Waals surface area (Å²) in [6, 6.07) is 3.69. The molecule has 1 atom stereocenters. The fourth-order valence-corrected chi connectivity index (χ4v) is 1.50. The molecule has 0 saturated carbocycles. The SMILES string of the molecule is CC(CN)c1noc(Cc2c(F)cccc2F)n1. The van der Waals surface area contributed by atoms with Crippen molar-refractivity contribution in [3.05, 3.63) is 47.1 Å². The van der Waals surface area contributed by atoms with Crippen LogP contribution in [0.5, 0.6) is 0 Å². The zero-order chi connectivity index (χ0) is 13.1. The van der Waals surface area contributed by atoms with Gasteiger partial charge >= 0.3 is 0 Å². The number of halogens is 2. The Morgan fingerprint density at radius 2 is 2.00 bits per heavy atom. The quantitative estimate of drug-likeness (QED) is 0.905. The molecule has 2 N–H and O–H groups in total. The average Bonchev–Trinajstić information content (AvgIpc) is 2.81. The Labute approximate surface area is 103 Å². The molecule has 6 heteroatoms. The number of hydrogen-bond acceptors (Lipinski definition) is 4. The summed E-state index contributed by atoms with van der Waals surface area (Å²) in [5.74, 6) is -0.672. The standard InChI is InChI=1S/C12H13F2N3O/c1-7(6-15)12-16-11(18-17-12)5-8-9(13)3-2-4-10(8)14/h2-4,7H,5-6,15H2,1H3. The van der Waals surface area contributed by atoms with Crippen molar-refractivity contribution in [2.45, 2.75) is 19.3 Å². The topological polar surface area (TPSA) is 64.9 Å². The molecule has 0 bridgehead atoms. The largest absolute Gasteiger partial charge is 0.339 e. The lowest BCUT2D eigenvalue weighted by Gasteiger charge is -2.01. The number of hydrogen-bond donors (Lipinski definition) is 1. The number of rotatable bonds is 4. The lowest BCUT2D eigenvalue weighted by molar-refractivity contribution is 0.373. The van der Waals surface area contributed by atoms with E-state index in [1.165, 1.54) is 18.2 Å². The van der Waals surface area contributed by atoms with Crippen molar-refractivity contribution in [2.24, 2.45) is 5.73 Å². The molecule has 1 heterocycles. The minimum absolute atomic E-state index is 0.0482. The van der Waals surface area contributed by atoms with E-state index < -0.39 is 11.6 Å². The zero-order valence-corrected chi connectivity index (χ0v) is 9.86. The van der Waals surface area contributed by atoms with Gasteiger partial charge in [0.05, 0.1) is 6.42 Å². The van der Waals surface area contributed by atoms with Gasteiger partial charge in [-0.05, 0) is 12.1 Å². The molecule has 1 aromatic carbocycles. The van der Waals surface area contributed by atoms with Crippen LogP contribution in [0.3, 0.4) is 0 Å². The first-order valence-electron chi connectivity index (χ1n) is 5.57. The van der Waals surface area contributed by atoms with Crippen LogP contribution >= 0.6 is 0 Å². The second-order valence-corrected chi connectivity index (χ2v) is 4.06. The molecule has 0 spiro atoms. The van der Waals surface area contributed by atoms with E-state index in [1.807, 2.05) is 6.92 Å². The van der Waals surface area contributed by atoms with E-state index in [0.29, 0.717) is 12.4 Å². The molecule has 0 aliphatic heterocycles. The van der Waals surface area contributed by atoms with Crippen LogP contribution in [0.15, 0.2) is 22.7 Å². The van der Waals surface area contributed by atoms with E-state index in [4.69, 9.17) is 10.3 Å². The van der Waals surface area contributed by atoms with Gasteiger partial charge in [0.15, 0.2) is 5.82 Å². The fourth-order valence-electron chi connectivity index (χ4n) is 1.50. The van der Waals surface area contributed by atoms with Crippen molar-refractivity contribution in [2.75, 3.05) is 6.54 Å². The lowest BCUT2D eigenvalue weighted by atomic mass is 10.1. The molecular weight excluding hydrogens is 240 g/mol. The zero-order valence-electron chi connectivity index (χ0n) is 9.86. The molecule has 1 unspecified atom stereocenters. The minimum atomic E-state index is -0.623. The first kappa shape index (κ1) is 12.6. The minimum Gasteiger partial charge on any atom is -0.339 e. The highest BCUT2D eigenvalue weighted by Gasteiger charge is 2.16. The third kappa shape index (κ3) is 2.53. The van der Waals surface area contributed by atoms with Gasteiger partial charge < -0.3 is 10.3 Å². The molecule has 0 aliphatic carbocycles. The maximum Gasteiger partial charge on any atom is 0.231 e. The Hall–Kier alpha value is -1.82. The maximum absolute atomic E-state index is 13.4. The Balaban J connectivity index is 2.21. The lowest BCUT2D eigenvalue weighted by Crippen LogP contribution is -2.10. The Kier molecular flexibility index (Phi) is 3.66. The number of nitrogens with two attached hydrogens (primary N) is 1. The second kappa shape index (κ2) is 5.22. The summed E-state index contributed by atoms with van der Waals surface area (Å²) in [6.07, 6.45) is -0.0667. The van der Waals surface area contributed by atoms with Crippen molar-refractivity contribution < 1.29 is 13.3 Å². The van der Waals surface area contributed by atoms with Crippen molar-refractivity contribution in [1.82, 2.24) is 10.1 Å². The van der Waals surface area contributed by atoms with E-state index in [0.717, 1.165) is 0 Å². The van der Waals surface area contributed by atoms with Crippen molar-refractivity contribution in [3.8, 4) is 0 Å². The summed E-state index contributed by atoms with van der Waals surface area (Å²) < 4.78 is 31.8. The van der Waals surface area contributed by atoms with Crippen LogP contribution in [0.2, 0.25) is 0 Å². The first-order valence-corrected chi connectivity index (χ1v) is 5.57. The van der Waals surface area contributed by atoms with E-state index in [-0.39, 0.29) is 23.8 Å². The van der Waals surface area contributed by atoms with Crippen molar-refractivity contribution in [1.29, 1.82) is 0 Å². The molecule has 96 valence electrons. The number of benzene rings is 1. The molecule has 0 radical (unpaired) electrons. The Bertz CT molecular complexity index is 522. The van der Waals surface area contributed by atoms with Crippen LogP contribution in [-0.2, 0) is 6.42 Å². The van der Waals surface area contributed by atoms with Gasteiger partial charge in [0.1, 0.15) is 11.6 Å². The van der Waals surface area contributed by atoms with Gasteiger partial charge in [-0.15, -0.1) is 0 Å². The van der Waals surface area contributed by atoms with Gasteiger partial charge in [0.2, 0.25) is 5.89 Å². The van der Waals surface area contributed by atoms with Crippen molar-refractivity contribution >= 4 is 0 Å². The van der Waals surface area contributed by atoms with Gasteiger partial charge in [0.25, 0.3) is 0 Å². The van der Waals surface area contributed by atoms with Crippen LogP contribution in [0.25, 0.3) is 0 Å². The van der Waals surface area contributed by atoms with Gasteiger partial charge in [-0.2, -0.15) is 4.98 Å². The molecule has 2 aromatic rings. The summed E-state index contributed by atoms with van der Waals surface area (Å²) in [4.78, 5) is 4.07. The number of nitrogens with zero attached hydrogens (tertiary/aromatic N) is 2. The highest BCUT2D eigenvalue weighted by molar-refractivity contribution is 5.22. The second-order valence-electron chi connectivity index (χ2n) is 4.06. The summed E-state index contributed by atoms with van der Waals surface area (Å²) in [6.45, 7) is 2.23. The smallest absolute Gasteiger partial charge is 0.231 e. The van der Waals surface area contributed by atoms with Crippen LogP contribution in [0, 0.1) is 11.6 Å². The van der Waals surface area contributed by atoms with Gasteiger partial charge in [-0.1, -0.05) is 18.1 Å². The molecule has 1 aromatic heterocycles. The molecule has 0 saturated heterocycles. The predicted molar refractivity (Wildman–Crippen MR) is 60.9 cm³/mol. The third-order valence-electron chi connectivity index (χ3n) is 2.67. The number of aromatic nitrogens is 2. The predicted octanol–water partition coefficient (Wildman–Crippen LogP) is 2.00. The fraction of sp³-hybridized carbons (Fsp3) is 0.333. The van der Waals surface area contributed by atoms with E-state index in [2.05, 4.69) is 10.1 Å². The highest BCUT2D eigenvalue weighted by Crippen LogP contribution is 2.17. The highest BCUT2D eigenvalue weighted by atomic mass is 19.1. The molecular formula is C12H13F2N3O. The first-order chi connectivity index (χ1) is 8.61. The molecule has 0 fully saturated rings. The van der Waals surface area contributed by atoms with E-state index in [1.54, 1.807) is 0 Å². The summed E-state index contributed by atoms with van der Waals surface area (Å²) in [5.41, 5.74) is 5.40. The molecule has 2 rings (SSSR count). The summed E-state index contributed by atoms with van der Waals surface area (Å²) in [7, 11) is 0. The van der Waals surface area contributed by atoms with Crippen LogP contribution in [0.4, 0.5) is 8.78 Å². The normalized spacial score (nSPS) is 12.7. The van der Waals surface area contributed by atoms with Gasteiger partial charge in [-0.3, -0.25) is 0 Å². The van der Waals surface area contributed by atoms with Gasteiger partial charge in [-0.25, -0.2) is 8.78 Å². The van der Waals surface area contributed by atoms with Gasteiger partial charge in [0, 0.05) is 18.0 Å². The summed E-state index contributed by atoms with van der Waals surface area (Å²) >= 11 is 0. The van der Waals surface area contributed by atoms with E-state index in [9.17, 15) is 8.78 Å². The third-order valence-corrected chi connectivity index (χ3v) is 2.67. The monoisotopic (exact) mass is 253 g/mol. The van der Waals surface area contributed by atoms with Crippen LogP contribution in [-0.4, -0.2) is 16.7 Å². The van der Waals surface area contributed by atoms with Crippen LogP contribution in [0.1, 0.15) is 30.1 Å². The van der Waals surface area contributed by atoms with Crippen LogP contribution < -0.4 is 5.73 Å². The molecule has 0 amide bonds. The van der Waals surface area contributed by atoms with Crippen molar-refractivity contribution in [3.63, 3.8) is 0 Å². The molecule has 18 heavy (non-hydrogen) atoms. The molecule has 4 nitrogen and oxygen atoms in total. The summed E-state index contributed by atoms with van der Waals surface area (Å²) in [5, 5.41) is 3.73. The van der Waals surface area contributed by atoms with E-state index >= 15 is 0 Å². The molecule has 0 aliphatic rings. The Morgan fingerprint density at radius 1 is 1.33 bits per heavy atom. The maximum atomic E-state index is 13.4. The average molecular weight is 253 g/mol.